The maximum absolute atomic E-state index is 14.4. The van der Waals surface area contributed by atoms with Gasteiger partial charge < -0.3 is 0 Å². The summed E-state index contributed by atoms with van der Waals surface area (Å²) in [5, 5.41) is 0.285. The molecule has 0 unspecified atom stereocenters. The number of hydrogen-bond acceptors (Lipinski definition) is 2. The molecule has 140 valence electrons. The zero-order chi connectivity index (χ0) is 19.2. The van der Waals surface area contributed by atoms with Gasteiger partial charge in [-0.25, -0.2) is 4.39 Å². The predicted molar refractivity (Wildman–Crippen MR) is 100 cm³/mol. The van der Waals surface area contributed by atoms with Gasteiger partial charge in [0.1, 0.15) is 0 Å². The van der Waals surface area contributed by atoms with Gasteiger partial charge in [0.25, 0.3) is 0 Å². The van der Waals surface area contributed by atoms with Crippen molar-refractivity contribution in [1.29, 1.82) is 0 Å². The third-order valence-electron chi connectivity index (χ3n) is 8.34. The lowest BCUT2D eigenvalue weighted by molar-refractivity contribution is -0.135. The van der Waals surface area contributed by atoms with Crippen molar-refractivity contribution in [3.05, 3.63) is 34.4 Å². The minimum Gasteiger partial charge on any atom is -0.296 e. The van der Waals surface area contributed by atoms with Crippen molar-refractivity contribution in [2.45, 2.75) is 53.1 Å². The highest BCUT2D eigenvalue weighted by Crippen LogP contribution is 2.68. The van der Waals surface area contributed by atoms with E-state index in [1.54, 1.807) is 6.08 Å². The summed E-state index contributed by atoms with van der Waals surface area (Å²) in [7, 11) is 0. The van der Waals surface area contributed by atoms with Crippen LogP contribution in [0.25, 0.3) is 0 Å². The van der Waals surface area contributed by atoms with Crippen molar-refractivity contribution in [1.82, 2.24) is 0 Å². The summed E-state index contributed by atoms with van der Waals surface area (Å²) in [5.41, 5.74) is 1.84. The second-order valence-electron chi connectivity index (χ2n) is 9.21. The Morgan fingerprint density at radius 1 is 1.27 bits per heavy atom. The van der Waals surface area contributed by atoms with Crippen molar-refractivity contribution < 1.29 is 14.0 Å². The number of allylic oxidation sites excluding steroid dienone is 5. The van der Waals surface area contributed by atoms with Gasteiger partial charge in [0, 0.05) is 10.8 Å². The molecule has 0 saturated heterocycles. The Labute approximate surface area is 159 Å². The van der Waals surface area contributed by atoms with Crippen molar-refractivity contribution in [3.63, 3.8) is 0 Å². The number of hydrogen-bond donors (Lipinski definition) is 0. The molecular formula is C22H26ClFO2. The molecule has 0 N–H and O–H groups in total. The molecule has 4 aliphatic carbocycles. The van der Waals surface area contributed by atoms with Crippen LogP contribution in [0.4, 0.5) is 4.39 Å². The normalized spacial score (nSPS) is 48.2. The SMILES string of the molecule is C=C1C2=C(Cl)C(=O)C=C(C)[C@]2(C)[C@H]2CC[C@]3(C)C(=O)[C@H](F)C[C@H]3[C@@H]2[C@@H]1C. The van der Waals surface area contributed by atoms with Crippen LogP contribution in [0.1, 0.15) is 47.0 Å². The van der Waals surface area contributed by atoms with Crippen LogP contribution in [0.5, 0.6) is 0 Å². The lowest BCUT2D eigenvalue weighted by atomic mass is 9.44. The van der Waals surface area contributed by atoms with E-state index in [2.05, 4.69) is 20.4 Å². The van der Waals surface area contributed by atoms with Crippen LogP contribution in [0, 0.1) is 34.5 Å². The topological polar surface area (TPSA) is 34.1 Å². The van der Waals surface area contributed by atoms with Crippen molar-refractivity contribution in [3.8, 4) is 0 Å². The van der Waals surface area contributed by atoms with Crippen LogP contribution in [-0.4, -0.2) is 17.7 Å². The molecule has 3 saturated carbocycles. The smallest absolute Gasteiger partial charge is 0.197 e. The Kier molecular flexibility index (Phi) is 3.77. The van der Waals surface area contributed by atoms with E-state index in [1.165, 1.54) is 0 Å². The molecule has 4 aliphatic rings. The fourth-order valence-electron chi connectivity index (χ4n) is 6.69. The van der Waals surface area contributed by atoms with Crippen LogP contribution in [0.2, 0.25) is 0 Å². The number of ketones is 2. The van der Waals surface area contributed by atoms with E-state index in [1.807, 2.05) is 13.8 Å². The second-order valence-corrected chi connectivity index (χ2v) is 9.59. The van der Waals surface area contributed by atoms with Gasteiger partial charge in [0.2, 0.25) is 0 Å². The van der Waals surface area contributed by atoms with Crippen LogP contribution in [-0.2, 0) is 9.59 Å². The maximum atomic E-state index is 14.4. The Bertz CT molecular complexity index is 809. The highest BCUT2D eigenvalue weighted by Gasteiger charge is 2.64. The Hall–Kier alpha value is -1.22. The van der Waals surface area contributed by atoms with Crippen LogP contribution in [0.15, 0.2) is 34.4 Å². The highest BCUT2D eigenvalue weighted by molar-refractivity contribution is 6.45. The molecule has 0 heterocycles. The zero-order valence-electron chi connectivity index (χ0n) is 15.9. The third-order valence-corrected chi connectivity index (χ3v) is 8.72. The monoisotopic (exact) mass is 376 g/mol. The van der Waals surface area contributed by atoms with E-state index >= 15 is 0 Å². The fourth-order valence-corrected chi connectivity index (χ4v) is 7.06. The largest absolute Gasteiger partial charge is 0.296 e. The lowest BCUT2D eigenvalue weighted by Gasteiger charge is -2.59. The quantitative estimate of drug-likeness (QED) is 0.583. The molecule has 0 radical (unpaired) electrons. The third kappa shape index (κ3) is 1.93. The summed E-state index contributed by atoms with van der Waals surface area (Å²) in [6.07, 6.45) is 2.18. The van der Waals surface area contributed by atoms with Crippen molar-refractivity contribution in [2.75, 3.05) is 0 Å². The minimum atomic E-state index is -1.35. The Morgan fingerprint density at radius 2 is 1.92 bits per heavy atom. The number of carbonyl (C=O) groups is 2. The van der Waals surface area contributed by atoms with Crippen molar-refractivity contribution >= 4 is 23.2 Å². The molecule has 0 aromatic rings. The molecule has 0 bridgehead atoms. The van der Waals surface area contributed by atoms with Gasteiger partial charge in [-0.3, -0.25) is 9.59 Å². The average Bonchev–Trinajstić information content (AvgIpc) is 2.81. The first kappa shape index (κ1) is 18.2. The van der Waals surface area contributed by atoms with E-state index in [4.69, 9.17) is 11.6 Å². The number of Topliss-reactive ketones (excluding diaryl/α,β-unsaturated/α-hetero) is 1. The number of carbonyl (C=O) groups excluding carboxylic acids is 2. The second kappa shape index (κ2) is 5.41. The van der Waals surface area contributed by atoms with Gasteiger partial charge in [-0.15, -0.1) is 0 Å². The molecule has 0 aromatic carbocycles. The molecule has 0 aliphatic heterocycles. The average molecular weight is 377 g/mol. The molecule has 4 heteroatoms. The van der Waals surface area contributed by atoms with E-state index < -0.39 is 11.6 Å². The van der Waals surface area contributed by atoms with E-state index in [0.29, 0.717) is 12.8 Å². The molecule has 7 atom stereocenters. The Morgan fingerprint density at radius 3 is 2.58 bits per heavy atom. The van der Waals surface area contributed by atoms with Gasteiger partial charge in [-0.05, 0) is 67.1 Å². The van der Waals surface area contributed by atoms with Crippen LogP contribution < -0.4 is 0 Å². The number of rotatable bonds is 0. The van der Waals surface area contributed by atoms with Gasteiger partial charge in [0.15, 0.2) is 17.7 Å². The van der Waals surface area contributed by atoms with E-state index in [0.717, 1.165) is 23.1 Å². The summed E-state index contributed by atoms with van der Waals surface area (Å²) in [6, 6.07) is 0. The maximum Gasteiger partial charge on any atom is 0.197 e. The first-order valence-corrected chi connectivity index (χ1v) is 9.93. The highest BCUT2D eigenvalue weighted by atomic mass is 35.5. The van der Waals surface area contributed by atoms with Gasteiger partial charge in [0.05, 0.1) is 5.03 Å². The summed E-state index contributed by atoms with van der Waals surface area (Å²) in [4.78, 5) is 24.9. The zero-order valence-corrected chi connectivity index (χ0v) is 16.6. The first-order valence-electron chi connectivity index (χ1n) is 9.56. The minimum absolute atomic E-state index is 0.0260. The lowest BCUT2D eigenvalue weighted by Crippen LogP contribution is -2.54. The van der Waals surface area contributed by atoms with Crippen LogP contribution >= 0.6 is 11.6 Å². The first-order chi connectivity index (χ1) is 12.0. The molecular weight excluding hydrogens is 351 g/mol. The van der Waals surface area contributed by atoms with E-state index in [9.17, 15) is 14.0 Å². The number of alkyl halides is 1. The molecule has 4 rings (SSSR count). The van der Waals surface area contributed by atoms with Crippen LogP contribution in [0.3, 0.4) is 0 Å². The molecule has 3 fully saturated rings. The number of halogens is 2. The Balaban J connectivity index is 1.89. The summed E-state index contributed by atoms with van der Waals surface area (Å²) >= 11 is 6.48. The molecule has 0 aromatic heterocycles. The van der Waals surface area contributed by atoms with Gasteiger partial charge >= 0.3 is 0 Å². The van der Waals surface area contributed by atoms with Gasteiger partial charge in [-0.2, -0.15) is 0 Å². The molecule has 26 heavy (non-hydrogen) atoms. The van der Waals surface area contributed by atoms with E-state index in [-0.39, 0.29) is 45.7 Å². The van der Waals surface area contributed by atoms with Gasteiger partial charge in [-0.1, -0.05) is 44.5 Å². The standard InChI is InChI=1S/C22H26ClFO2/c1-10-8-16(25)19(23)18-12(3)11(2)17-13(22(10,18)5)6-7-21(4)14(17)9-15(24)20(21)26/h8,11,13-15,17H,3,6-7,9H2,1-2,4-5H3/t11-,13+,14+,15-,17-,21+,22-/m1/s1. The fraction of sp³-hybridized carbons (Fsp3) is 0.636. The summed E-state index contributed by atoms with van der Waals surface area (Å²) in [6.45, 7) is 12.5. The summed E-state index contributed by atoms with van der Waals surface area (Å²) in [5.74, 6) is 0.169. The number of fused-ring (bicyclic) bond motifs is 5. The molecule has 0 amide bonds. The summed E-state index contributed by atoms with van der Waals surface area (Å²) < 4.78 is 14.4. The molecule has 0 spiro atoms. The predicted octanol–water partition coefficient (Wildman–Crippen LogP) is 5.18. The molecule has 2 nitrogen and oxygen atoms in total. The van der Waals surface area contributed by atoms with Crippen molar-refractivity contribution in [2.24, 2.45) is 34.5 Å².